The van der Waals surface area contributed by atoms with Gasteiger partial charge in [0.2, 0.25) is 11.5 Å². The van der Waals surface area contributed by atoms with Crippen LogP contribution in [0.5, 0.6) is 0 Å². The summed E-state index contributed by atoms with van der Waals surface area (Å²) in [5.74, 6) is -3.02. The predicted molar refractivity (Wildman–Crippen MR) is 98.5 cm³/mol. The van der Waals surface area contributed by atoms with Gasteiger partial charge in [0, 0.05) is 13.8 Å². The number of carbonyl (C=O) groups excluding carboxylic acids is 3. The second kappa shape index (κ2) is 8.02. The SMILES string of the molecule is CON(Cc1ccc(C(=O)OC(C)(C)C)cc1)C(=O)C=C1OC(C)(C)OC1=O. The lowest BCUT2D eigenvalue weighted by Crippen LogP contribution is -2.28. The number of nitrogens with zero attached hydrogens (tertiary/aromatic N) is 1. The van der Waals surface area contributed by atoms with Crippen molar-refractivity contribution >= 4 is 17.8 Å². The van der Waals surface area contributed by atoms with Crippen LogP contribution in [-0.4, -0.2) is 41.4 Å². The van der Waals surface area contributed by atoms with E-state index >= 15 is 0 Å². The van der Waals surface area contributed by atoms with Gasteiger partial charge in [0.05, 0.1) is 25.3 Å². The predicted octanol–water partition coefficient (Wildman–Crippen LogP) is 2.73. The molecule has 1 aliphatic heterocycles. The quantitative estimate of drug-likeness (QED) is 0.433. The molecule has 1 saturated heterocycles. The van der Waals surface area contributed by atoms with Crippen molar-refractivity contribution in [3.8, 4) is 0 Å². The standard InChI is InChI=1S/C20H25NO7/c1-19(2,3)27-17(23)14-9-7-13(8-10-14)12-21(25-6)16(22)11-15-18(24)28-20(4,5)26-15/h7-11H,12H2,1-6H3. The summed E-state index contributed by atoms with van der Waals surface area (Å²) in [6.07, 6.45) is 1.02. The zero-order valence-corrected chi connectivity index (χ0v) is 16.9. The molecule has 1 heterocycles. The molecule has 8 heteroatoms. The Morgan fingerprint density at radius 3 is 2.21 bits per heavy atom. The fourth-order valence-electron chi connectivity index (χ4n) is 2.35. The number of cyclic esters (lactones) is 1. The highest BCUT2D eigenvalue weighted by Crippen LogP contribution is 2.26. The Balaban J connectivity index is 2.05. The third-order valence-electron chi connectivity index (χ3n) is 3.53. The van der Waals surface area contributed by atoms with E-state index in [0.29, 0.717) is 5.56 Å². The summed E-state index contributed by atoms with van der Waals surface area (Å²) in [6.45, 7) is 8.61. The van der Waals surface area contributed by atoms with Crippen LogP contribution in [0.25, 0.3) is 0 Å². The van der Waals surface area contributed by atoms with Crippen LogP contribution in [0, 0.1) is 0 Å². The van der Waals surface area contributed by atoms with Crippen molar-refractivity contribution < 1.29 is 33.4 Å². The zero-order chi connectivity index (χ0) is 21.1. The Bertz CT molecular complexity index is 788. The Morgan fingerprint density at radius 1 is 1.14 bits per heavy atom. The molecule has 0 radical (unpaired) electrons. The zero-order valence-electron chi connectivity index (χ0n) is 16.9. The number of rotatable bonds is 5. The van der Waals surface area contributed by atoms with Gasteiger partial charge in [-0.25, -0.2) is 14.7 Å². The highest BCUT2D eigenvalue weighted by molar-refractivity contribution is 5.97. The minimum absolute atomic E-state index is 0.103. The van der Waals surface area contributed by atoms with Crippen LogP contribution in [0.1, 0.15) is 50.5 Å². The van der Waals surface area contributed by atoms with Crippen molar-refractivity contribution in [2.45, 2.75) is 52.6 Å². The van der Waals surface area contributed by atoms with Crippen molar-refractivity contribution in [3.05, 3.63) is 47.2 Å². The summed E-state index contributed by atoms with van der Waals surface area (Å²) in [6, 6.07) is 6.60. The molecular formula is C20H25NO7. The maximum Gasteiger partial charge on any atom is 0.377 e. The van der Waals surface area contributed by atoms with Gasteiger partial charge in [-0.15, -0.1) is 0 Å². The second-order valence-corrected chi connectivity index (χ2v) is 7.66. The van der Waals surface area contributed by atoms with E-state index in [9.17, 15) is 14.4 Å². The molecule has 28 heavy (non-hydrogen) atoms. The van der Waals surface area contributed by atoms with Crippen molar-refractivity contribution in [2.75, 3.05) is 7.11 Å². The molecule has 1 aromatic rings. The first-order valence-corrected chi connectivity index (χ1v) is 8.72. The van der Waals surface area contributed by atoms with Gasteiger partial charge in [-0.2, -0.15) is 0 Å². The van der Waals surface area contributed by atoms with E-state index in [2.05, 4.69) is 0 Å². The third-order valence-corrected chi connectivity index (χ3v) is 3.53. The number of esters is 2. The summed E-state index contributed by atoms with van der Waals surface area (Å²) in [5.41, 5.74) is 0.539. The minimum atomic E-state index is -1.11. The van der Waals surface area contributed by atoms with Gasteiger partial charge in [-0.3, -0.25) is 9.63 Å². The minimum Gasteiger partial charge on any atom is -0.456 e. The average molecular weight is 391 g/mol. The van der Waals surface area contributed by atoms with Crippen molar-refractivity contribution in [1.29, 1.82) is 0 Å². The van der Waals surface area contributed by atoms with Crippen LogP contribution in [0.3, 0.4) is 0 Å². The molecule has 8 nitrogen and oxygen atoms in total. The summed E-state index contributed by atoms with van der Waals surface area (Å²) in [4.78, 5) is 41.3. The monoisotopic (exact) mass is 391 g/mol. The van der Waals surface area contributed by atoms with Gasteiger partial charge in [-0.1, -0.05) is 12.1 Å². The van der Waals surface area contributed by atoms with Crippen LogP contribution in [-0.2, 0) is 35.2 Å². The molecule has 1 aromatic carbocycles. The molecule has 0 bridgehead atoms. The van der Waals surface area contributed by atoms with Crippen LogP contribution in [0.2, 0.25) is 0 Å². The van der Waals surface area contributed by atoms with E-state index in [4.69, 9.17) is 19.0 Å². The van der Waals surface area contributed by atoms with E-state index in [0.717, 1.165) is 16.7 Å². The van der Waals surface area contributed by atoms with Gasteiger partial charge < -0.3 is 14.2 Å². The molecule has 0 aromatic heterocycles. The van der Waals surface area contributed by atoms with E-state index in [1.807, 2.05) is 0 Å². The number of hydrogen-bond acceptors (Lipinski definition) is 7. The smallest absolute Gasteiger partial charge is 0.377 e. The maximum atomic E-state index is 12.4. The van der Waals surface area contributed by atoms with Gasteiger partial charge in [0.15, 0.2) is 0 Å². The molecule has 0 unspecified atom stereocenters. The van der Waals surface area contributed by atoms with Gasteiger partial charge in [-0.05, 0) is 38.5 Å². The topological polar surface area (TPSA) is 91.4 Å². The highest BCUT2D eigenvalue weighted by Gasteiger charge is 2.38. The van der Waals surface area contributed by atoms with Crippen molar-refractivity contribution in [3.63, 3.8) is 0 Å². The normalized spacial score (nSPS) is 17.1. The lowest BCUT2D eigenvalue weighted by atomic mass is 10.1. The summed E-state index contributed by atoms with van der Waals surface area (Å²) in [7, 11) is 1.34. The molecule has 0 saturated carbocycles. The van der Waals surface area contributed by atoms with E-state index in [-0.39, 0.29) is 12.3 Å². The van der Waals surface area contributed by atoms with Crippen LogP contribution in [0.15, 0.2) is 36.1 Å². The van der Waals surface area contributed by atoms with E-state index < -0.39 is 29.2 Å². The summed E-state index contributed by atoms with van der Waals surface area (Å²) in [5, 5.41) is 1.05. The molecule has 2 rings (SSSR count). The molecule has 0 aliphatic carbocycles. The number of amides is 1. The van der Waals surface area contributed by atoms with E-state index in [1.165, 1.54) is 7.11 Å². The fourth-order valence-corrected chi connectivity index (χ4v) is 2.35. The Hall–Kier alpha value is -2.87. The summed E-state index contributed by atoms with van der Waals surface area (Å²) >= 11 is 0. The number of hydroxylamine groups is 2. The average Bonchev–Trinajstić information content (AvgIpc) is 2.83. The van der Waals surface area contributed by atoms with Crippen molar-refractivity contribution in [1.82, 2.24) is 5.06 Å². The van der Waals surface area contributed by atoms with Crippen LogP contribution >= 0.6 is 0 Å². The first-order valence-electron chi connectivity index (χ1n) is 8.72. The third kappa shape index (κ3) is 5.82. The largest absolute Gasteiger partial charge is 0.456 e. The Morgan fingerprint density at radius 2 is 1.75 bits per heavy atom. The molecule has 152 valence electrons. The molecule has 0 spiro atoms. The number of carbonyl (C=O) groups is 3. The highest BCUT2D eigenvalue weighted by atomic mass is 16.8. The van der Waals surface area contributed by atoms with Crippen LogP contribution in [0.4, 0.5) is 0 Å². The lowest BCUT2D eigenvalue weighted by Gasteiger charge is -2.20. The molecule has 1 amide bonds. The van der Waals surface area contributed by atoms with Gasteiger partial charge >= 0.3 is 11.9 Å². The first-order chi connectivity index (χ1) is 12.9. The van der Waals surface area contributed by atoms with E-state index in [1.54, 1.807) is 58.9 Å². The number of benzene rings is 1. The summed E-state index contributed by atoms with van der Waals surface area (Å²) < 4.78 is 15.6. The Kier molecular flexibility index (Phi) is 6.14. The second-order valence-electron chi connectivity index (χ2n) is 7.66. The van der Waals surface area contributed by atoms with Crippen molar-refractivity contribution in [2.24, 2.45) is 0 Å². The first kappa shape index (κ1) is 21.4. The maximum absolute atomic E-state index is 12.4. The van der Waals surface area contributed by atoms with Gasteiger partial charge in [0.1, 0.15) is 5.60 Å². The molecule has 1 aliphatic rings. The number of ether oxygens (including phenoxy) is 3. The number of hydrogen-bond donors (Lipinski definition) is 0. The Labute approximate surface area is 163 Å². The lowest BCUT2D eigenvalue weighted by molar-refractivity contribution is -0.173. The molecule has 0 atom stereocenters. The van der Waals surface area contributed by atoms with Gasteiger partial charge in [0.25, 0.3) is 5.91 Å². The molecular weight excluding hydrogens is 366 g/mol. The van der Waals surface area contributed by atoms with Crippen LogP contribution < -0.4 is 0 Å². The molecule has 1 fully saturated rings. The fraction of sp³-hybridized carbons (Fsp3) is 0.450. The molecule has 0 N–H and O–H groups in total.